The van der Waals surface area contributed by atoms with Gasteiger partial charge in [-0.05, 0) is 12.3 Å². The van der Waals surface area contributed by atoms with E-state index in [4.69, 9.17) is 5.11 Å². The van der Waals surface area contributed by atoms with Crippen molar-refractivity contribution in [2.75, 3.05) is 7.05 Å². The largest absolute Gasteiger partial charge is 0.481 e. The van der Waals surface area contributed by atoms with Crippen molar-refractivity contribution in [3.63, 3.8) is 0 Å². The zero-order valence-electron chi connectivity index (χ0n) is 11.5. The van der Waals surface area contributed by atoms with Crippen LogP contribution in [-0.2, 0) is 16.1 Å². The Morgan fingerprint density at radius 2 is 2.11 bits per heavy atom. The maximum atomic E-state index is 12.3. The van der Waals surface area contributed by atoms with Crippen molar-refractivity contribution < 1.29 is 14.7 Å². The van der Waals surface area contributed by atoms with Gasteiger partial charge in [0.2, 0.25) is 5.91 Å². The summed E-state index contributed by atoms with van der Waals surface area (Å²) in [5, 5.41) is 9.11. The van der Waals surface area contributed by atoms with E-state index in [0.29, 0.717) is 6.54 Å². The van der Waals surface area contributed by atoms with Crippen LogP contribution >= 0.6 is 11.3 Å². The maximum Gasteiger partial charge on any atom is 0.307 e. The van der Waals surface area contributed by atoms with E-state index in [-0.39, 0.29) is 5.91 Å². The number of carboxylic acid groups (broad SMARTS) is 1. The number of hydrogen-bond acceptors (Lipinski definition) is 4. The van der Waals surface area contributed by atoms with Gasteiger partial charge in [-0.3, -0.25) is 9.59 Å². The fraction of sp³-hybridized carbons (Fsp3) is 0.615. The molecule has 1 aliphatic rings. The van der Waals surface area contributed by atoms with Gasteiger partial charge in [0, 0.05) is 11.9 Å². The van der Waals surface area contributed by atoms with Gasteiger partial charge < -0.3 is 10.0 Å². The molecule has 1 aromatic heterocycles. The summed E-state index contributed by atoms with van der Waals surface area (Å²) in [6.07, 6.45) is 0. The zero-order chi connectivity index (χ0) is 14.4. The summed E-state index contributed by atoms with van der Waals surface area (Å²) in [5.41, 5.74) is 2.23. The van der Waals surface area contributed by atoms with E-state index in [1.807, 2.05) is 20.8 Å². The number of rotatable bonds is 4. The topological polar surface area (TPSA) is 70.5 Å². The lowest BCUT2D eigenvalue weighted by Crippen LogP contribution is -2.29. The molecule has 1 heterocycles. The maximum absolute atomic E-state index is 12.3. The minimum atomic E-state index is -0.884. The Labute approximate surface area is 116 Å². The van der Waals surface area contributed by atoms with Crippen LogP contribution in [0.15, 0.2) is 5.51 Å². The summed E-state index contributed by atoms with van der Waals surface area (Å²) in [4.78, 5) is 30.2. The van der Waals surface area contributed by atoms with Crippen molar-refractivity contribution in [1.82, 2.24) is 9.88 Å². The van der Waals surface area contributed by atoms with Crippen LogP contribution in [0.2, 0.25) is 0 Å². The van der Waals surface area contributed by atoms with Crippen LogP contribution in [0.5, 0.6) is 0 Å². The van der Waals surface area contributed by atoms with Crippen molar-refractivity contribution in [3.8, 4) is 0 Å². The number of hydrogen-bond donors (Lipinski definition) is 1. The standard InChI is InChI=1S/C13H18N2O3S/c1-7-8(19-6-14-7)5-15(4)11(16)9-10(12(17)18)13(9,2)3/h6,9-10H,5H2,1-4H3,(H,17,18). The number of aliphatic carboxylic acids is 1. The molecule has 19 heavy (non-hydrogen) atoms. The first-order chi connectivity index (χ1) is 8.76. The van der Waals surface area contributed by atoms with Gasteiger partial charge in [0.1, 0.15) is 0 Å². The van der Waals surface area contributed by atoms with Gasteiger partial charge in [0.15, 0.2) is 0 Å². The van der Waals surface area contributed by atoms with E-state index in [1.54, 1.807) is 17.5 Å². The van der Waals surface area contributed by atoms with E-state index in [1.165, 1.54) is 11.3 Å². The Kier molecular flexibility index (Phi) is 3.38. The Balaban J connectivity index is 2.05. The number of nitrogens with zero attached hydrogens (tertiary/aromatic N) is 2. The van der Waals surface area contributed by atoms with Crippen molar-refractivity contribution in [1.29, 1.82) is 0 Å². The van der Waals surface area contributed by atoms with Crippen molar-refractivity contribution in [2.24, 2.45) is 17.3 Å². The smallest absolute Gasteiger partial charge is 0.307 e. The third-order valence-electron chi connectivity index (χ3n) is 3.96. The third-order valence-corrected chi connectivity index (χ3v) is 4.88. The molecule has 2 atom stereocenters. The van der Waals surface area contributed by atoms with Crippen LogP contribution < -0.4 is 0 Å². The predicted octanol–water partition coefficient (Wildman–Crippen LogP) is 1.77. The van der Waals surface area contributed by atoms with Gasteiger partial charge >= 0.3 is 5.97 Å². The summed E-state index contributed by atoms with van der Waals surface area (Å²) < 4.78 is 0. The molecule has 0 bridgehead atoms. The number of carbonyl (C=O) groups excluding carboxylic acids is 1. The van der Waals surface area contributed by atoms with Crippen LogP contribution in [-0.4, -0.2) is 33.9 Å². The molecule has 0 saturated heterocycles. The molecule has 0 aliphatic heterocycles. The van der Waals surface area contributed by atoms with Crippen LogP contribution in [0.1, 0.15) is 24.4 Å². The summed E-state index contributed by atoms with van der Waals surface area (Å²) in [7, 11) is 1.72. The molecule has 0 radical (unpaired) electrons. The van der Waals surface area contributed by atoms with E-state index >= 15 is 0 Å². The second-order valence-corrected chi connectivity index (χ2v) is 6.61. The molecule has 2 rings (SSSR count). The number of amides is 1. The molecule has 1 amide bonds. The SMILES string of the molecule is Cc1ncsc1CN(C)C(=O)C1C(C(=O)O)C1(C)C. The van der Waals surface area contributed by atoms with Crippen molar-refractivity contribution >= 4 is 23.2 Å². The molecule has 0 aromatic carbocycles. The highest BCUT2D eigenvalue weighted by molar-refractivity contribution is 7.09. The average Bonchev–Trinajstić information content (AvgIpc) is 2.66. The van der Waals surface area contributed by atoms with Crippen LogP contribution in [0.25, 0.3) is 0 Å². The fourth-order valence-corrected chi connectivity index (χ4v) is 3.40. The molecule has 2 unspecified atom stereocenters. The molecule has 1 aliphatic carbocycles. The summed E-state index contributed by atoms with van der Waals surface area (Å²) in [6, 6.07) is 0. The lowest BCUT2D eigenvalue weighted by atomic mass is 10.1. The normalized spacial score (nSPS) is 24.0. The zero-order valence-corrected chi connectivity index (χ0v) is 12.3. The molecular formula is C13H18N2O3S. The molecule has 6 heteroatoms. The molecule has 104 valence electrons. The number of thiazole rings is 1. The number of carboxylic acids is 1. The third kappa shape index (κ3) is 2.36. The number of aryl methyl sites for hydroxylation is 1. The second kappa shape index (κ2) is 4.59. The monoisotopic (exact) mass is 282 g/mol. The van der Waals surface area contributed by atoms with E-state index in [0.717, 1.165) is 10.6 Å². The average molecular weight is 282 g/mol. The first-order valence-electron chi connectivity index (χ1n) is 6.13. The fourth-order valence-electron chi connectivity index (χ4n) is 2.57. The molecular weight excluding hydrogens is 264 g/mol. The van der Waals surface area contributed by atoms with E-state index in [2.05, 4.69) is 4.98 Å². The number of aromatic nitrogens is 1. The second-order valence-electron chi connectivity index (χ2n) is 5.67. The van der Waals surface area contributed by atoms with Gasteiger partial charge in [-0.15, -0.1) is 11.3 Å². The molecule has 1 N–H and O–H groups in total. The van der Waals surface area contributed by atoms with Crippen LogP contribution in [0.4, 0.5) is 0 Å². The van der Waals surface area contributed by atoms with E-state index < -0.39 is 23.2 Å². The van der Waals surface area contributed by atoms with Crippen molar-refractivity contribution in [2.45, 2.75) is 27.3 Å². The summed E-state index contributed by atoms with van der Waals surface area (Å²) in [6.45, 7) is 6.07. The Morgan fingerprint density at radius 1 is 1.47 bits per heavy atom. The lowest BCUT2D eigenvalue weighted by molar-refractivity contribution is -0.141. The number of carbonyl (C=O) groups is 2. The predicted molar refractivity (Wildman–Crippen MR) is 71.7 cm³/mol. The van der Waals surface area contributed by atoms with E-state index in [9.17, 15) is 9.59 Å². The van der Waals surface area contributed by atoms with Crippen molar-refractivity contribution in [3.05, 3.63) is 16.1 Å². The van der Waals surface area contributed by atoms with Gasteiger partial charge in [0.25, 0.3) is 0 Å². The Bertz CT molecular complexity index is 524. The highest BCUT2D eigenvalue weighted by Gasteiger charge is 2.66. The van der Waals surface area contributed by atoms with Gasteiger partial charge in [-0.1, -0.05) is 13.8 Å². The van der Waals surface area contributed by atoms with Crippen LogP contribution in [0, 0.1) is 24.2 Å². The van der Waals surface area contributed by atoms with Crippen LogP contribution in [0.3, 0.4) is 0 Å². The van der Waals surface area contributed by atoms with Gasteiger partial charge in [-0.2, -0.15) is 0 Å². The van der Waals surface area contributed by atoms with Gasteiger partial charge in [0.05, 0.1) is 29.6 Å². The summed E-state index contributed by atoms with van der Waals surface area (Å²) >= 11 is 1.51. The minimum absolute atomic E-state index is 0.0924. The highest BCUT2D eigenvalue weighted by atomic mass is 32.1. The highest BCUT2D eigenvalue weighted by Crippen LogP contribution is 2.59. The van der Waals surface area contributed by atoms with Gasteiger partial charge in [-0.25, -0.2) is 4.98 Å². The lowest BCUT2D eigenvalue weighted by Gasteiger charge is -2.17. The Morgan fingerprint density at radius 3 is 2.53 bits per heavy atom. The molecule has 5 nitrogen and oxygen atoms in total. The molecule has 1 saturated carbocycles. The quantitative estimate of drug-likeness (QED) is 0.913. The Hall–Kier alpha value is -1.43. The first kappa shape index (κ1) is 14.0. The first-order valence-corrected chi connectivity index (χ1v) is 7.01. The minimum Gasteiger partial charge on any atom is -0.481 e. The molecule has 0 spiro atoms. The summed E-state index contributed by atoms with van der Waals surface area (Å²) in [5.74, 6) is -1.95. The molecule has 1 fully saturated rings. The molecule has 1 aromatic rings.